The number of sulfone groups is 1. The number of rotatable bonds is 9. The van der Waals surface area contributed by atoms with E-state index in [1.165, 1.54) is 26.4 Å². The van der Waals surface area contributed by atoms with E-state index in [1.54, 1.807) is 25.1 Å². The van der Waals surface area contributed by atoms with Crippen molar-refractivity contribution < 1.29 is 30.7 Å². The van der Waals surface area contributed by atoms with Crippen molar-refractivity contribution in [3.05, 3.63) is 77.6 Å². The first-order chi connectivity index (χ1) is 15.6. The monoisotopic (exact) mass is 493 g/mol. The number of nitrogens with one attached hydrogen (secondary N) is 1. The lowest BCUT2D eigenvalue weighted by Crippen LogP contribution is -2.27. The third-order valence-corrected chi connectivity index (χ3v) is 8.37. The fourth-order valence-electron chi connectivity index (χ4n) is 3.21. The fraction of sp³-hybridized carbons (Fsp3) is 0.217. The van der Waals surface area contributed by atoms with Gasteiger partial charge < -0.3 is 9.47 Å². The molecule has 0 saturated carbocycles. The van der Waals surface area contributed by atoms with Gasteiger partial charge in [-0.25, -0.2) is 25.9 Å². The molecule has 0 radical (unpaired) electrons. The smallest absolute Gasteiger partial charge is 0.240 e. The van der Waals surface area contributed by atoms with E-state index < -0.39 is 25.7 Å². The number of hydrogen-bond acceptors (Lipinski definition) is 6. The van der Waals surface area contributed by atoms with Gasteiger partial charge in [0.1, 0.15) is 17.3 Å². The van der Waals surface area contributed by atoms with Crippen molar-refractivity contribution in [2.24, 2.45) is 0 Å². The summed E-state index contributed by atoms with van der Waals surface area (Å²) < 4.78 is 77.8. The van der Waals surface area contributed by atoms with Crippen molar-refractivity contribution in [1.29, 1.82) is 0 Å². The molecule has 0 fully saturated rings. The molecule has 10 heteroatoms. The zero-order chi connectivity index (χ0) is 24.2. The predicted molar refractivity (Wildman–Crippen MR) is 121 cm³/mol. The average Bonchev–Trinajstić information content (AvgIpc) is 2.79. The van der Waals surface area contributed by atoms with E-state index in [0.29, 0.717) is 23.5 Å². The standard InChI is InChI=1S/C23H24FNO6S2/c1-16-4-7-22(32(26,27)21-8-5-18(24)6-9-21)15-23(16)33(28,29)25-11-10-17-12-19(30-2)14-20(13-17)31-3/h4-9,12-15,25H,10-11H2,1-3H3. The maximum absolute atomic E-state index is 13.2. The molecule has 0 aliphatic rings. The SMILES string of the molecule is COc1cc(CCNS(=O)(=O)c2cc(S(=O)(=O)c3ccc(F)cc3)ccc2C)cc(OC)c1. The summed E-state index contributed by atoms with van der Waals surface area (Å²) in [6.45, 7) is 1.66. The zero-order valence-electron chi connectivity index (χ0n) is 18.3. The van der Waals surface area contributed by atoms with Crippen molar-refractivity contribution in [1.82, 2.24) is 4.72 Å². The Morgan fingerprint density at radius 2 is 1.39 bits per heavy atom. The van der Waals surface area contributed by atoms with Crippen molar-refractivity contribution in [2.75, 3.05) is 20.8 Å². The van der Waals surface area contributed by atoms with E-state index in [2.05, 4.69) is 4.72 Å². The van der Waals surface area contributed by atoms with E-state index in [0.717, 1.165) is 35.9 Å². The Morgan fingerprint density at radius 1 is 0.818 bits per heavy atom. The number of methoxy groups -OCH3 is 2. The molecular weight excluding hydrogens is 469 g/mol. The van der Waals surface area contributed by atoms with Gasteiger partial charge in [-0.05, 0) is 73.0 Å². The molecule has 0 saturated heterocycles. The minimum Gasteiger partial charge on any atom is -0.497 e. The second-order valence-corrected chi connectivity index (χ2v) is 10.9. The van der Waals surface area contributed by atoms with E-state index in [1.807, 2.05) is 0 Å². The van der Waals surface area contributed by atoms with E-state index in [9.17, 15) is 21.2 Å². The summed E-state index contributed by atoms with van der Waals surface area (Å²) in [4.78, 5) is -0.470. The summed E-state index contributed by atoms with van der Waals surface area (Å²) in [6, 6.07) is 13.5. The van der Waals surface area contributed by atoms with Crippen LogP contribution in [-0.4, -0.2) is 37.6 Å². The summed E-state index contributed by atoms with van der Waals surface area (Å²) in [5, 5.41) is 0. The Bertz CT molecular complexity index is 1330. The number of benzene rings is 3. The lowest BCUT2D eigenvalue weighted by molar-refractivity contribution is 0.393. The third kappa shape index (κ3) is 5.70. The Kier molecular flexibility index (Phi) is 7.41. The first-order valence-corrected chi connectivity index (χ1v) is 12.9. The molecular formula is C23H24FNO6S2. The van der Waals surface area contributed by atoms with Gasteiger partial charge in [-0.2, -0.15) is 0 Å². The second-order valence-electron chi connectivity index (χ2n) is 7.25. The first kappa shape index (κ1) is 24.7. The highest BCUT2D eigenvalue weighted by atomic mass is 32.2. The van der Waals surface area contributed by atoms with Crippen LogP contribution in [0, 0.1) is 12.7 Å². The summed E-state index contributed by atoms with van der Waals surface area (Å²) in [6.07, 6.45) is 0.361. The van der Waals surface area contributed by atoms with Crippen LogP contribution in [0.5, 0.6) is 11.5 Å². The largest absolute Gasteiger partial charge is 0.497 e. The van der Waals surface area contributed by atoms with Gasteiger partial charge in [-0.3, -0.25) is 0 Å². The van der Waals surface area contributed by atoms with Gasteiger partial charge in [0.15, 0.2) is 0 Å². The normalized spacial score (nSPS) is 11.9. The third-order valence-electron chi connectivity index (χ3n) is 5.00. The van der Waals surface area contributed by atoms with Crippen LogP contribution in [0.15, 0.2) is 75.4 Å². The van der Waals surface area contributed by atoms with E-state index >= 15 is 0 Å². The summed E-state index contributed by atoms with van der Waals surface area (Å²) >= 11 is 0. The van der Waals surface area contributed by atoms with Crippen LogP contribution in [0.1, 0.15) is 11.1 Å². The van der Waals surface area contributed by atoms with Crippen LogP contribution in [0.2, 0.25) is 0 Å². The quantitative estimate of drug-likeness (QED) is 0.458. The molecule has 0 heterocycles. The molecule has 3 aromatic carbocycles. The van der Waals surface area contributed by atoms with Gasteiger partial charge in [-0.1, -0.05) is 6.07 Å². The lowest BCUT2D eigenvalue weighted by atomic mass is 10.1. The fourth-order valence-corrected chi connectivity index (χ4v) is 5.87. The molecule has 33 heavy (non-hydrogen) atoms. The summed E-state index contributed by atoms with van der Waals surface area (Å²) in [5.41, 5.74) is 1.20. The van der Waals surface area contributed by atoms with Crippen LogP contribution >= 0.6 is 0 Å². The molecule has 1 N–H and O–H groups in total. The molecule has 7 nitrogen and oxygen atoms in total. The number of sulfonamides is 1. The van der Waals surface area contributed by atoms with Gasteiger partial charge in [0.2, 0.25) is 19.9 Å². The van der Waals surface area contributed by atoms with E-state index in [-0.39, 0.29) is 21.2 Å². The molecule has 3 aromatic rings. The summed E-state index contributed by atoms with van der Waals surface area (Å²) in [7, 11) is -4.97. The minimum absolute atomic E-state index is 0.0764. The maximum atomic E-state index is 13.2. The first-order valence-electron chi connectivity index (χ1n) is 9.90. The van der Waals surface area contributed by atoms with Crippen LogP contribution in [0.3, 0.4) is 0 Å². The van der Waals surface area contributed by atoms with Gasteiger partial charge >= 0.3 is 0 Å². The molecule has 0 aliphatic carbocycles. The number of hydrogen-bond donors (Lipinski definition) is 1. The lowest BCUT2D eigenvalue weighted by Gasteiger charge is -2.13. The van der Waals surface area contributed by atoms with Gasteiger partial charge in [-0.15, -0.1) is 0 Å². The molecule has 176 valence electrons. The highest BCUT2D eigenvalue weighted by molar-refractivity contribution is 7.91. The Hall–Kier alpha value is -2.95. The Morgan fingerprint density at radius 3 is 1.97 bits per heavy atom. The Balaban J connectivity index is 1.83. The molecule has 0 atom stereocenters. The molecule has 0 unspecified atom stereocenters. The highest BCUT2D eigenvalue weighted by Gasteiger charge is 2.23. The predicted octanol–water partition coefficient (Wildman–Crippen LogP) is 3.51. The van der Waals surface area contributed by atoms with Crippen LogP contribution in [-0.2, 0) is 26.3 Å². The van der Waals surface area contributed by atoms with Crippen molar-refractivity contribution in [3.63, 3.8) is 0 Å². The van der Waals surface area contributed by atoms with Gasteiger partial charge in [0, 0.05) is 12.6 Å². The van der Waals surface area contributed by atoms with Crippen LogP contribution in [0.25, 0.3) is 0 Å². The molecule has 0 amide bonds. The number of halogens is 1. The summed E-state index contributed by atoms with van der Waals surface area (Å²) in [5.74, 6) is 0.600. The minimum atomic E-state index is -4.02. The zero-order valence-corrected chi connectivity index (χ0v) is 20.0. The number of aryl methyl sites for hydroxylation is 1. The molecule has 3 rings (SSSR count). The van der Waals surface area contributed by atoms with Crippen LogP contribution < -0.4 is 14.2 Å². The molecule has 0 aromatic heterocycles. The molecule has 0 aliphatic heterocycles. The van der Waals surface area contributed by atoms with Crippen molar-refractivity contribution >= 4 is 19.9 Å². The van der Waals surface area contributed by atoms with Crippen LogP contribution in [0.4, 0.5) is 4.39 Å². The average molecular weight is 494 g/mol. The number of ether oxygens (including phenoxy) is 2. The van der Waals surface area contributed by atoms with Gasteiger partial charge in [0.05, 0.1) is 28.9 Å². The molecule has 0 bridgehead atoms. The Labute approximate surface area is 193 Å². The highest BCUT2D eigenvalue weighted by Crippen LogP contribution is 2.26. The second kappa shape index (κ2) is 9.90. The van der Waals surface area contributed by atoms with Crippen molar-refractivity contribution in [3.8, 4) is 11.5 Å². The molecule has 0 spiro atoms. The topological polar surface area (TPSA) is 98.8 Å². The van der Waals surface area contributed by atoms with Gasteiger partial charge in [0.25, 0.3) is 0 Å². The maximum Gasteiger partial charge on any atom is 0.240 e. The van der Waals surface area contributed by atoms with Crippen molar-refractivity contribution in [2.45, 2.75) is 28.0 Å². The van der Waals surface area contributed by atoms with E-state index in [4.69, 9.17) is 9.47 Å².